The fraction of sp³-hybridized carbons (Fsp3) is 0.273. The number of hydrogen-bond donors (Lipinski definition) is 0. The molecule has 1 aromatic heterocycles. The number of nitro benzene ring substituents is 1. The van der Waals surface area contributed by atoms with Gasteiger partial charge in [0.05, 0.1) is 30.9 Å². The van der Waals surface area contributed by atoms with Gasteiger partial charge in [0.15, 0.2) is 11.5 Å². The molecule has 3 aromatic rings. The maximum absolute atomic E-state index is 10.7. The summed E-state index contributed by atoms with van der Waals surface area (Å²) in [5.41, 5.74) is 2.99. The normalized spacial score (nSPS) is 10.6. The third-order valence-corrected chi connectivity index (χ3v) is 4.52. The Kier molecular flexibility index (Phi) is 7.15. The van der Waals surface area contributed by atoms with Crippen molar-refractivity contribution in [3.63, 3.8) is 0 Å². The number of methoxy groups -OCH3 is 1. The second-order valence-electron chi connectivity index (χ2n) is 6.76. The van der Waals surface area contributed by atoms with Crippen molar-refractivity contribution in [1.29, 1.82) is 0 Å². The lowest BCUT2D eigenvalue weighted by Crippen LogP contribution is -2.02. The second kappa shape index (κ2) is 10.2. The second-order valence-corrected chi connectivity index (χ2v) is 6.76. The Morgan fingerprint density at radius 3 is 2.63 bits per heavy atom. The van der Waals surface area contributed by atoms with Gasteiger partial charge >= 0.3 is 0 Å². The Morgan fingerprint density at radius 1 is 1.17 bits per heavy atom. The Morgan fingerprint density at radius 2 is 1.93 bits per heavy atom. The monoisotopic (exact) mass is 408 g/mol. The smallest absolute Gasteiger partial charge is 0.269 e. The van der Waals surface area contributed by atoms with Crippen LogP contribution in [0.1, 0.15) is 23.2 Å². The lowest BCUT2D eigenvalue weighted by Gasteiger charge is -2.11. The molecule has 0 fully saturated rings. The van der Waals surface area contributed by atoms with E-state index >= 15 is 0 Å². The molecule has 0 spiro atoms. The fourth-order valence-electron chi connectivity index (χ4n) is 3.00. The van der Waals surface area contributed by atoms with Crippen molar-refractivity contribution in [2.24, 2.45) is 0 Å². The predicted molar refractivity (Wildman–Crippen MR) is 113 cm³/mol. The summed E-state index contributed by atoms with van der Waals surface area (Å²) in [4.78, 5) is 10.3. The van der Waals surface area contributed by atoms with Crippen molar-refractivity contribution in [2.75, 3.05) is 13.7 Å². The zero-order chi connectivity index (χ0) is 21.3. The van der Waals surface area contributed by atoms with Gasteiger partial charge in [0.1, 0.15) is 0 Å². The van der Waals surface area contributed by atoms with Crippen LogP contribution in [0.2, 0.25) is 0 Å². The molecule has 0 aliphatic carbocycles. The van der Waals surface area contributed by atoms with Crippen molar-refractivity contribution in [3.8, 4) is 11.5 Å². The summed E-state index contributed by atoms with van der Waals surface area (Å²) in [5.74, 6) is 1.43. The minimum absolute atomic E-state index is 0.0741. The zero-order valence-electron chi connectivity index (χ0n) is 16.9. The van der Waals surface area contributed by atoms with Crippen LogP contribution in [0.25, 0.3) is 0 Å². The van der Waals surface area contributed by atoms with Gasteiger partial charge in [-0.3, -0.25) is 10.1 Å². The summed E-state index contributed by atoms with van der Waals surface area (Å²) in [6.07, 6.45) is 6.03. The van der Waals surface area contributed by atoms with Gasteiger partial charge in [0.2, 0.25) is 0 Å². The average Bonchev–Trinajstić information content (AvgIpc) is 3.19. The van der Waals surface area contributed by atoms with E-state index in [0.717, 1.165) is 36.1 Å². The third-order valence-electron chi connectivity index (χ3n) is 4.52. The molecule has 8 nitrogen and oxygen atoms in total. The highest BCUT2D eigenvalue weighted by molar-refractivity contribution is 5.43. The quantitative estimate of drug-likeness (QED) is 0.206. The molecule has 3 rings (SSSR count). The molecule has 0 aliphatic heterocycles. The van der Waals surface area contributed by atoms with E-state index < -0.39 is 4.92 Å². The Bertz CT molecular complexity index is 999. The maximum Gasteiger partial charge on any atom is 0.269 e. The number of aromatic nitrogens is 3. The maximum atomic E-state index is 10.7. The lowest BCUT2D eigenvalue weighted by atomic mass is 10.1. The van der Waals surface area contributed by atoms with E-state index in [4.69, 9.17) is 9.47 Å². The first-order chi connectivity index (χ1) is 14.6. The van der Waals surface area contributed by atoms with E-state index in [1.54, 1.807) is 23.9 Å². The number of nitro groups is 1. The van der Waals surface area contributed by atoms with Gasteiger partial charge in [-0.2, -0.15) is 0 Å². The number of rotatable bonds is 11. The lowest BCUT2D eigenvalue weighted by molar-refractivity contribution is -0.384. The standard InChI is InChI=1S/C22H24N4O4/c1-3-5-17-9-12-21(22(14-17)29-2)30-13-4-6-19-16-25(24-23-19)15-18-7-10-20(11-8-18)26(27)28/h3,7-12,14,16H,1,4-6,13,15H2,2H3. The van der Waals surface area contributed by atoms with Gasteiger partial charge < -0.3 is 9.47 Å². The van der Waals surface area contributed by atoms with Gasteiger partial charge in [-0.1, -0.05) is 29.5 Å². The largest absolute Gasteiger partial charge is 0.493 e. The highest BCUT2D eigenvalue weighted by Crippen LogP contribution is 2.28. The fourth-order valence-corrected chi connectivity index (χ4v) is 3.00. The number of aryl methyl sites for hydroxylation is 1. The number of benzene rings is 2. The van der Waals surface area contributed by atoms with E-state index in [2.05, 4.69) is 16.9 Å². The van der Waals surface area contributed by atoms with Crippen molar-refractivity contribution in [1.82, 2.24) is 15.0 Å². The molecule has 0 radical (unpaired) electrons. The van der Waals surface area contributed by atoms with Crippen molar-refractivity contribution in [3.05, 3.63) is 88.3 Å². The number of hydrogen-bond acceptors (Lipinski definition) is 6. The number of ether oxygens (including phenoxy) is 2. The molecule has 0 amide bonds. The summed E-state index contributed by atoms with van der Waals surface area (Å²) < 4.78 is 13.0. The molecule has 0 aliphatic rings. The van der Waals surface area contributed by atoms with Crippen molar-refractivity contribution in [2.45, 2.75) is 25.8 Å². The molecule has 8 heteroatoms. The molecular weight excluding hydrogens is 384 g/mol. The van der Waals surface area contributed by atoms with Crippen LogP contribution in [0, 0.1) is 10.1 Å². The van der Waals surface area contributed by atoms with Crippen LogP contribution in [-0.2, 0) is 19.4 Å². The van der Waals surface area contributed by atoms with E-state index in [0.29, 0.717) is 24.7 Å². The Labute approximate surface area is 174 Å². The third kappa shape index (κ3) is 5.66. The molecule has 0 unspecified atom stereocenters. The van der Waals surface area contributed by atoms with Crippen LogP contribution in [0.4, 0.5) is 5.69 Å². The van der Waals surface area contributed by atoms with Gasteiger partial charge in [-0.25, -0.2) is 4.68 Å². The first-order valence-electron chi connectivity index (χ1n) is 9.62. The Hall–Kier alpha value is -3.68. The molecule has 156 valence electrons. The highest BCUT2D eigenvalue weighted by atomic mass is 16.6. The molecule has 0 saturated heterocycles. The first kappa shape index (κ1) is 21.0. The van der Waals surface area contributed by atoms with Gasteiger partial charge in [-0.05, 0) is 42.5 Å². The number of nitrogens with zero attached hydrogens (tertiary/aromatic N) is 4. The molecule has 2 aromatic carbocycles. The average molecular weight is 408 g/mol. The Balaban J connectivity index is 1.47. The first-order valence-corrected chi connectivity index (χ1v) is 9.62. The van der Waals surface area contributed by atoms with Crippen LogP contribution in [0.15, 0.2) is 61.3 Å². The molecule has 0 atom stereocenters. The molecule has 0 saturated carbocycles. The summed E-state index contributed by atoms with van der Waals surface area (Å²) in [6, 6.07) is 12.3. The van der Waals surface area contributed by atoms with Gasteiger partial charge in [0, 0.05) is 18.3 Å². The van der Waals surface area contributed by atoms with Crippen LogP contribution >= 0.6 is 0 Å². The minimum Gasteiger partial charge on any atom is -0.493 e. The number of allylic oxidation sites excluding steroid dienone is 1. The van der Waals surface area contributed by atoms with Crippen LogP contribution in [0.3, 0.4) is 0 Å². The molecule has 30 heavy (non-hydrogen) atoms. The zero-order valence-corrected chi connectivity index (χ0v) is 16.9. The van der Waals surface area contributed by atoms with Gasteiger partial charge in [0.25, 0.3) is 5.69 Å². The van der Waals surface area contributed by atoms with Crippen LogP contribution < -0.4 is 9.47 Å². The van der Waals surface area contributed by atoms with E-state index in [1.165, 1.54) is 12.1 Å². The van der Waals surface area contributed by atoms with E-state index in [9.17, 15) is 10.1 Å². The topological polar surface area (TPSA) is 92.3 Å². The minimum atomic E-state index is -0.412. The van der Waals surface area contributed by atoms with Gasteiger partial charge in [-0.15, -0.1) is 11.7 Å². The number of non-ortho nitro benzene ring substituents is 1. The molecule has 0 bridgehead atoms. The predicted octanol–water partition coefficient (Wildman–Crippen LogP) is 3.98. The van der Waals surface area contributed by atoms with Crippen LogP contribution in [-0.4, -0.2) is 33.6 Å². The highest BCUT2D eigenvalue weighted by Gasteiger charge is 2.08. The molecule has 1 heterocycles. The summed E-state index contributed by atoms with van der Waals surface area (Å²) in [6.45, 7) is 4.79. The van der Waals surface area contributed by atoms with Crippen LogP contribution in [0.5, 0.6) is 11.5 Å². The summed E-state index contributed by atoms with van der Waals surface area (Å²) >= 11 is 0. The SMILES string of the molecule is C=CCc1ccc(OCCCc2cn(Cc3ccc([N+](=O)[O-])cc3)nn2)c(OC)c1. The van der Waals surface area contributed by atoms with Crippen molar-refractivity contribution >= 4 is 5.69 Å². The van der Waals surface area contributed by atoms with Crippen molar-refractivity contribution < 1.29 is 14.4 Å². The van der Waals surface area contributed by atoms with E-state index in [1.807, 2.05) is 30.5 Å². The van der Waals surface area contributed by atoms with E-state index in [-0.39, 0.29) is 5.69 Å². The molecular formula is C22H24N4O4. The summed E-state index contributed by atoms with van der Waals surface area (Å²) in [5, 5.41) is 19.0. The summed E-state index contributed by atoms with van der Waals surface area (Å²) in [7, 11) is 1.63. The molecule has 0 N–H and O–H groups in total.